The predicted molar refractivity (Wildman–Crippen MR) is 79.5 cm³/mol. The van der Waals surface area contributed by atoms with Crippen LogP contribution in [0.25, 0.3) is 0 Å². The third-order valence-electron chi connectivity index (χ3n) is 3.58. The monoisotopic (exact) mass is 297 g/mol. The van der Waals surface area contributed by atoms with Crippen molar-refractivity contribution in [3.63, 3.8) is 0 Å². The minimum atomic E-state index is -3.09. The van der Waals surface area contributed by atoms with E-state index in [1.807, 2.05) is 12.1 Å². The van der Waals surface area contributed by atoms with Crippen LogP contribution in [0.5, 0.6) is 0 Å². The second kappa shape index (κ2) is 7.20. The predicted octanol–water partition coefficient (Wildman–Crippen LogP) is 2.14. The van der Waals surface area contributed by atoms with E-state index in [-0.39, 0.29) is 0 Å². The molecule has 1 saturated heterocycles. The lowest BCUT2D eigenvalue weighted by molar-refractivity contribution is 0.102. The Labute approximate surface area is 121 Å². The number of nitrogens with one attached hydrogen (secondary N) is 1. The van der Waals surface area contributed by atoms with Crippen molar-refractivity contribution in [3.05, 3.63) is 29.8 Å². The highest BCUT2D eigenvalue weighted by Crippen LogP contribution is 2.16. The summed E-state index contributed by atoms with van der Waals surface area (Å²) in [6.07, 6.45) is 6.33. The third-order valence-corrected chi connectivity index (χ3v) is 4.71. The summed E-state index contributed by atoms with van der Waals surface area (Å²) in [5, 5.41) is 3.38. The van der Waals surface area contributed by atoms with Crippen LogP contribution in [0.2, 0.25) is 0 Å². The molecule has 5 heteroatoms. The molecule has 1 N–H and O–H groups in total. The molecule has 0 amide bonds. The van der Waals surface area contributed by atoms with Crippen LogP contribution in [-0.2, 0) is 21.1 Å². The van der Waals surface area contributed by atoms with Crippen molar-refractivity contribution < 1.29 is 13.2 Å². The zero-order valence-electron chi connectivity index (χ0n) is 12.0. The number of hydrogen-bond donors (Lipinski definition) is 1. The molecular weight excluding hydrogens is 274 g/mol. The van der Waals surface area contributed by atoms with Crippen molar-refractivity contribution in [3.8, 4) is 0 Å². The lowest BCUT2D eigenvalue weighted by Gasteiger charge is -2.09. The van der Waals surface area contributed by atoms with E-state index >= 15 is 0 Å². The van der Waals surface area contributed by atoms with Crippen LogP contribution in [0.1, 0.15) is 31.2 Å². The van der Waals surface area contributed by atoms with Gasteiger partial charge in [0.15, 0.2) is 9.84 Å². The normalized spacial score (nSPS) is 19.4. The van der Waals surface area contributed by atoms with Gasteiger partial charge in [-0.15, -0.1) is 0 Å². The summed E-state index contributed by atoms with van der Waals surface area (Å²) in [5.74, 6) is 0. The number of ether oxygens (including phenoxy) is 1. The van der Waals surface area contributed by atoms with E-state index in [1.165, 1.54) is 19.1 Å². The maximum absolute atomic E-state index is 11.3. The van der Waals surface area contributed by atoms with Gasteiger partial charge in [0.25, 0.3) is 0 Å². The van der Waals surface area contributed by atoms with Crippen molar-refractivity contribution in [2.24, 2.45) is 0 Å². The molecule has 1 aromatic carbocycles. The summed E-state index contributed by atoms with van der Waals surface area (Å²) < 4.78 is 28.3. The fraction of sp³-hybridized carbons (Fsp3) is 0.600. The number of sulfone groups is 1. The van der Waals surface area contributed by atoms with Gasteiger partial charge >= 0.3 is 0 Å². The zero-order valence-corrected chi connectivity index (χ0v) is 12.8. The lowest BCUT2D eigenvalue weighted by atomic mass is 10.1. The number of hydrogen-bond acceptors (Lipinski definition) is 4. The topological polar surface area (TPSA) is 55.4 Å². The summed E-state index contributed by atoms with van der Waals surface area (Å²) in [4.78, 5) is 0.375. The molecule has 1 aliphatic rings. The van der Waals surface area contributed by atoms with Gasteiger partial charge in [-0.2, -0.15) is 0 Å². The molecule has 0 aromatic heterocycles. The van der Waals surface area contributed by atoms with E-state index < -0.39 is 9.84 Å². The highest BCUT2D eigenvalue weighted by molar-refractivity contribution is 7.90. The second-order valence-corrected chi connectivity index (χ2v) is 7.39. The van der Waals surface area contributed by atoms with Crippen LogP contribution in [0, 0.1) is 0 Å². The second-order valence-electron chi connectivity index (χ2n) is 5.37. The van der Waals surface area contributed by atoms with E-state index in [9.17, 15) is 8.42 Å². The highest BCUT2D eigenvalue weighted by atomic mass is 32.2. The maximum Gasteiger partial charge on any atom is 0.175 e. The molecule has 112 valence electrons. The Morgan fingerprint density at radius 3 is 2.65 bits per heavy atom. The van der Waals surface area contributed by atoms with Crippen molar-refractivity contribution in [2.45, 2.75) is 43.2 Å². The van der Waals surface area contributed by atoms with Crippen LogP contribution in [0.3, 0.4) is 0 Å². The first-order valence-corrected chi connectivity index (χ1v) is 9.06. The first-order chi connectivity index (χ1) is 9.55. The van der Waals surface area contributed by atoms with Gasteiger partial charge < -0.3 is 10.1 Å². The summed E-state index contributed by atoms with van der Waals surface area (Å²) in [5.41, 5.74) is 1.11. The molecule has 1 aromatic rings. The largest absolute Gasteiger partial charge is 0.378 e. The van der Waals surface area contributed by atoms with Crippen LogP contribution in [-0.4, -0.2) is 33.9 Å². The average molecular weight is 297 g/mol. The Morgan fingerprint density at radius 1 is 1.30 bits per heavy atom. The van der Waals surface area contributed by atoms with E-state index in [2.05, 4.69) is 5.32 Å². The molecule has 4 nitrogen and oxygen atoms in total. The van der Waals surface area contributed by atoms with Gasteiger partial charge in [-0.05, 0) is 49.9 Å². The molecule has 0 saturated carbocycles. The maximum atomic E-state index is 11.3. The van der Waals surface area contributed by atoms with Crippen molar-refractivity contribution >= 4 is 9.84 Å². The standard InChI is InChI=1S/C15H23NO3S/c1-20(17,18)15-8-6-13(7-9-15)12-16-10-2-4-14-5-3-11-19-14/h6-9,14,16H,2-5,10-12H2,1H3. The molecule has 1 aliphatic heterocycles. The van der Waals surface area contributed by atoms with Crippen LogP contribution < -0.4 is 5.32 Å². The molecule has 0 radical (unpaired) electrons. The molecule has 1 atom stereocenters. The summed E-state index contributed by atoms with van der Waals surface area (Å²) in [6.45, 7) is 2.66. The smallest absolute Gasteiger partial charge is 0.175 e. The summed E-state index contributed by atoms with van der Waals surface area (Å²) in [6, 6.07) is 7.06. The lowest BCUT2D eigenvalue weighted by Crippen LogP contribution is -2.16. The van der Waals surface area contributed by atoms with E-state index in [0.29, 0.717) is 11.0 Å². The molecule has 0 spiro atoms. The van der Waals surface area contributed by atoms with Crippen molar-refractivity contribution in [1.82, 2.24) is 5.32 Å². The fourth-order valence-electron chi connectivity index (χ4n) is 2.41. The number of benzene rings is 1. The third kappa shape index (κ3) is 4.89. The van der Waals surface area contributed by atoms with Gasteiger partial charge in [0.05, 0.1) is 11.0 Å². The molecule has 0 bridgehead atoms. The molecule has 0 aliphatic carbocycles. The first kappa shape index (κ1) is 15.5. The zero-order chi connectivity index (χ0) is 14.4. The molecule has 2 rings (SSSR count). The van der Waals surface area contributed by atoms with E-state index in [4.69, 9.17) is 4.74 Å². The van der Waals surface area contributed by atoms with Gasteiger partial charge in [0, 0.05) is 19.4 Å². The minimum Gasteiger partial charge on any atom is -0.378 e. The number of rotatable bonds is 7. The molecule has 1 unspecified atom stereocenters. The van der Waals surface area contributed by atoms with Gasteiger partial charge in [-0.1, -0.05) is 12.1 Å². The van der Waals surface area contributed by atoms with Crippen molar-refractivity contribution in [2.75, 3.05) is 19.4 Å². The van der Waals surface area contributed by atoms with Gasteiger partial charge in [-0.3, -0.25) is 0 Å². The van der Waals surface area contributed by atoms with E-state index in [1.54, 1.807) is 12.1 Å². The van der Waals surface area contributed by atoms with Crippen molar-refractivity contribution in [1.29, 1.82) is 0 Å². The van der Waals surface area contributed by atoms with E-state index in [0.717, 1.165) is 38.1 Å². The summed E-state index contributed by atoms with van der Waals surface area (Å²) >= 11 is 0. The van der Waals surface area contributed by atoms with Gasteiger partial charge in [0.1, 0.15) is 0 Å². The average Bonchev–Trinajstić information content (AvgIpc) is 2.91. The molecule has 1 heterocycles. The van der Waals surface area contributed by atoms with Crippen LogP contribution in [0.15, 0.2) is 29.2 Å². The SMILES string of the molecule is CS(=O)(=O)c1ccc(CNCCCC2CCCO2)cc1. The Balaban J connectivity index is 1.66. The Bertz CT molecular complexity index is 504. The van der Waals surface area contributed by atoms with Gasteiger partial charge in [0.2, 0.25) is 0 Å². The highest BCUT2D eigenvalue weighted by Gasteiger charge is 2.14. The Hall–Kier alpha value is -0.910. The molecule has 20 heavy (non-hydrogen) atoms. The van der Waals surface area contributed by atoms with Crippen LogP contribution in [0.4, 0.5) is 0 Å². The fourth-order valence-corrected chi connectivity index (χ4v) is 3.04. The molecule has 1 fully saturated rings. The Morgan fingerprint density at radius 2 is 2.05 bits per heavy atom. The molecular formula is C15H23NO3S. The first-order valence-electron chi connectivity index (χ1n) is 7.17. The quantitative estimate of drug-likeness (QED) is 0.783. The Kier molecular flexibility index (Phi) is 5.57. The van der Waals surface area contributed by atoms with Crippen LogP contribution >= 0.6 is 0 Å². The van der Waals surface area contributed by atoms with Gasteiger partial charge in [-0.25, -0.2) is 8.42 Å². The summed E-state index contributed by atoms with van der Waals surface area (Å²) in [7, 11) is -3.09. The minimum absolute atomic E-state index is 0.375.